The standard InChI is InChI=1S/C14H11BF4O3/c16-12-7-10(15(20)21)6-11(14(17,18)19)13(12)22-8-9-4-2-1-3-5-9/h1-7,20-21H,8H2. The van der Waals surface area contributed by atoms with E-state index in [2.05, 4.69) is 0 Å². The fourth-order valence-corrected chi connectivity index (χ4v) is 1.85. The normalized spacial score (nSPS) is 11.4. The molecule has 22 heavy (non-hydrogen) atoms. The highest BCUT2D eigenvalue weighted by atomic mass is 19.4. The van der Waals surface area contributed by atoms with E-state index in [9.17, 15) is 17.6 Å². The van der Waals surface area contributed by atoms with E-state index in [1.165, 1.54) is 0 Å². The highest BCUT2D eigenvalue weighted by Crippen LogP contribution is 2.37. The first-order chi connectivity index (χ1) is 10.3. The summed E-state index contributed by atoms with van der Waals surface area (Å²) in [5.41, 5.74) is -1.43. The van der Waals surface area contributed by atoms with Gasteiger partial charge in [0.05, 0.1) is 0 Å². The summed E-state index contributed by atoms with van der Waals surface area (Å²) in [5.74, 6) is -2.28. The van der Waals surface area contributed by atoms with Crippen LogP contribution in [0.4, 0.5) is 17.6 Å². The van der Waals surface area contributed by atoms with Gasteiger partial charge in [0, 0.05) is 0 Å². The zero-order valence-electron chi connectivity index (χ0n) is 11.1. The molecule has 0 aliphatic carbocycles. The second kappa shape index (κ2) is 6.37. The highest BCUT2D eigenvalue weighted by molar-refractivity contribution is 6.58. The van der Waals surface area contributed by atoms with E-state index in [1.54, 1.807) is 30.3 Å². The van der Waals surface area contributed by atoms with Gasteiger partial charge in [0.2, 0.25) is 0 Å². The second-order valence-electron chi connectivity index (χ2n) is 4.53. The second-order valence-corrected chi connectivity index (χ2v) is 4.53. The minimum Gasteiger partial charge on any atom is -0.485 e. The maximum atomic E-state index is 13.9. The Bertz CT molecular complexity index is 645. The Balaban J connectivity index is 2.37. The van der Waals surface area contributed by atoms with Crippen LogP contribution in [0.25, 0.3) is 0 Å². The summed E-state index contributed by atoms with van der Waals surface area (Å²) in [7, 11) is -2.21. The van der Waals surface area contributed by atoms with E-state index >= 15 is 0 Å². The summed E-state index contributed by atoms with van der Waals surface area (Å²) in [6.45, 7) is -0.248. The summed E-state index contributed by atoms with van der Waals surface area (Å²) in [6, 6.07) is 9.36. The third-order valence-electron chi connectivity index (χ3n) is 2.90. The van der Waals surface area contributed by atoms with Crippen molar-refractivity contribution in [2.45, 2.75) is 12.8 Å². The van der Waals surface area contributed by atoms with Gasteiger partial charge in [0.25, 0.3) is 0 Å². The molecule has 2 N–H and O–H groups in total. The van der Waals surface area contributed by atoms with Gasteiger partial charge in [-0.2, -0.15) is 13.2 Å². The average Bonchev–Trinajstić information content (AvgIpc) is 2.45. The molecule has 2 aromatic rings. The van der Waals surface area contributed by atoms with Crippen LogP contribution in [0.2, 0.25) is 0 Å². The van der Waals surface area contributed by atoms with Gasteiger partial charge in [0.1, 0.15) is 12.2 Å². The average molecular weight is 314 g/mol. The van der Waals surface area contributed by atoms with Gasteiger partial charge < -0.3 is 14.8 Å². The van der Waals surface area contributed by atoms with Crippen molar-refractivity contribution < 1.29 is 32.3 Å². The molecule has 116 valence electrons. The monoisotopic (exact) mass is 314 g/mol. The molecule has 0 unspecified atom stereocenters. The first kappa shape index (κ1) is 16.3. The molecule has 0 bridgehead atoms. The topological polar surface area (TPSA) is 49.7 Å². The number of hydrogen-bond donors (Lipinski definition) is 2. The minimum absolute atomic E-state index is 0.248. The molecule has 0 saturated carbocycles. The van der Waals surface area contributed by atoms with Crippen molar-refractivity contribution in [1.29, 1.82) is 0 Å². The van der Waals surface area contributed by atoms with Gasteiger partial charge in [-0.25, -0.2) is 4.39 Å². The predicted octanol–water partition coefficient (Wildman–Crippen LogP) is 2.10. The Labute approximate surface area is 123 Å². The lowest BCUT2D eigenvalue weighted by molar-refractivity contribution is -0.139. The molecule has 0 aliphatic rings. The van der Waals surface area contributed by atoms with Gasteiger partial charge in [-0.05, 0) is 23.2 Å². The van der Waals surface area contributed by atoms with E-state index in [0.29, 0.717) is 17.7 Å². The summed E-state index contributed by atoms with van der Waals surface area (Å²) in [5, 5.41) is 17.8. The number of ether oxygens (including phenoxy) is 1. The van der Waals surface area contributed by atoms with Crippen LogP contribution >= 0.6 is 0 Å². The quantitative estimate of drug-likeness (QED) is 0.671. The van der Waals surface area contributed by atoms with Gasteiger partial charge in [-0.3, -0.25) is 0 Å². The van der Waals surface area contributed by atoms with Crippen molar-refractivity contribution in [3.8, 4) is 5.75 Å². The lowest BCUT2D eigenvalue weighted by Gasteiger charge is -2.16. The van der Waals surface area contributed by atoms with Crippen LogP contribution in [0.1, 0.15) is 11.1 Å². The fraction of sp³-hybridized carbons (Fsp3) is 0.143. The summed E-state index contributed by atoms with van der Waals surface area (Å²) in [6.07, 6.45) is -4.89. The van der Waals surface area contributed by atoms with Crippen LogP contribution in [-0.4, -0.2) is 17.2 Å². The van der Waals surface area contributed by atoms with Crippen LogP contribution in [0.3, 0.4) is 0 Å². The number of hydrogen-bond acceptors (Lipinski definition) is 3. The van der Waals surface area contributed by atoms with E-state index in [4.69, 9.17) is 14.8 Å². The SMILES string of the molecule is OB(O)c1cc(F)c(OCc2ccccc2)c(C(F)(F)F)c1. The van der Waals surface area contributed by atoms with E-state index < -0.39 is 35.9 Å². The van der Waals surface area contributed by atoms with Crippen molar-refractivity contribution in [3.63, 3.8) is 0 Å². The number of halogens is 4. The molecule has 0 heterocycles. The number of benzene rings is 2. The van der Waals surface area contributed by atoms with E-state index in [1.807, 2.05) is 0 Å². The molecule has 2 rings (SSSR count). The number of alkyl halides is 3. The van der Waals surface area contributed by atoms with Gasteiger partial charge in [-0.15, -0.1) is 0 Å². The third-order valence-corrected chi connectivity index (χ3v) is 2.90. The lowest BCUT2D eigenvalue weighted by atomic mass is 9.79. The van der Waals surface area contributed by atoms with E-state index in [0.717, 1.165) is 0 Å². The summed E-state index contributed by atoms with van der Waals surface area (Å²) >= 11 is 0. The lowest BCUT2D eigenvalue weighted by Crippen LogP contribution is -2.31. The van der Waals surface area contributed by atoms with Crippen LogP contribution in [0.15, 0.2) is 42.5 Å². The van der Waals surface area contributed by atoms with Crippen molar-refractivity contribution >= 4 is 12.6 Å². The van der Waals surface area contributed by atoms with Crippen molar-refractivity contribution in [3.05, 3.63) is 59.4 Å². The molecule has 0 fully saturated rings. The summed E-state index contributed by atoms with van der Waals surface area (Å²) in [4.78, 5) is 0. The maximum Gasteiger partial charge on any atom is 0.488 e. The number of rotatable bonds is 4. The first-order valence-corrected chi connectivity index (χ1v) is 6.22. The van der Waals surface area contributed by atoms with Crippen LogP contribution in [-0.2, 0) is 12.8 Å². The Morgan fingerprint density at radius 2 is 1.68 bits per heavy atom. The molecular formula is C14H11BF4O3. The third kappa shape index (κ3) is 3.77. The van der Waals surface area contributed by atoms with E-state index in [-0.39, 0.29) is 6.61 Å². The minimum atomic E-state index is -4.89. The van der Waals surface area contributed by atoms with Gasteiger partial charge in [-0.1, -0.05) is 30.3 Å². The Morgan fingerprint density at radius 3 is 2.23 bits per heavy atom. The first-order valence-electron chi connectivity index (χ1n) is 6.22. The molecular weight excluding hydrogens is 303 g/mol. The molecule has 3 nitrogen and oxygen atoms in total. The van der Waals surface area contributed by atoms with Crippen LogP contribution < -0.4 is 10.2 Å². The predicted molar refractivity (Wildman–Crippen MR) is 72.0 cm³/mol. The van der Waals surface area contributed by atoms with Crippen molar-refractivity contribution in [1.82, 2.24) is 0 Å². The fourth-order valence-electron chi connectivity index (χ4n) is 1.85. The zero-order chi connectivity index (χ0) is 16.3. The zero-order valence-corrected chi connectivity index (χ0v) is 11.1. The Morgan fingerprint density at radius 1 is 1.05 bits per heavy atom. The van der Waals surface area contributed by atoms with Crippen molar-refractivity contribution in [2.24, 2.45) is 0 Å². The Kier molecular flexibility index (Phi) is 4.73. The molecule has 0 amide bonds. The molecule has 0 aliphatic heterocycles. The Hall–Kier alpha value is -2.06. The van der Waals surface area contributed by atoms with Gasteiger partial charge >= 0.3 is 13.3 Å². The molecule has 0 aromatic heterocycles. The molecule has 8 heteroatoms. The summed E-state index contributed by atoms with van der Waals surface area (Å²) < 4.78 is 57.8. The smallest absolute Gasteiger partial charge is 0.485 e. The maximum absolute atomic E-state index is 13.9. The van der Waals surface area contributed by atoms with Crippen LogP contribution in [0.5, 0.6) is 5.75 Å². The molecule has 2 aromatic carbocycles. The molecule has 0 radical (unpaired) electrons. The molecule has 0 atom stereocenters. The largest absolute Gasteiger partial charge is 0.488 e. The molecule has 0 saturated heterocycles. The van der Waals surface area contributed by atoms with Gasteiger partial charge in [0.15, 0.2) is 11.6 Å². The van der Waals surface area contributed by atoms with Crippen LogP contribution in [0, 0.1) is 5.82 Å². The molecule has 0 spiro atoms. The van der Waals surface area contributed by atoms with Crippen molar-refractivity contribution in [2.75, 3.05) is 0 Å². The highest BCUT2D eigenvalue weighted by Gasteiger charge is 2.37.